The van der Waals surface area contributed by atoms with Crippen LogP contribution in [0, 0.1) is 10.1 Å². The number of rotatable bonds is 6. The van der Waals surface area contributed by atoms with Gasteiger partial charge in [0, 0.05) is 22.0 Å². The number of benzene rings is 2. The van der Waals surface area contributed by atoms with E-state index >= 15 is 0 Å². The van der Waals surface area contributed by atoms with Gasteiger partial charge in [-0.25, -0.2) is 9.97 Å². The van der Waals surface area contributed by atoms with E-state index in [-0.39, 0.29) is 23.1 Å². The number of nitrogens with zero attached hydrogens (tertiary/aromatic N) is 3. The molecule has 0 bridgehead atoms. The average Bonchev–Trinajstić information content (AvgIpc) is 2.62. The van der Waals surface area contributed by atoms with Crippen LogP contribution >= 0.6 is 11.6 Å². The summed E-state index contributed by atoms with van der Waals surface area (Å²) in [5.41, 5.74) is 1.20. The van der Waals surface area contributed by atoms with Gasteiger partial charge in [-0.1, -0.05) is 29.8 Å². The fourth-order valence-corrected chi connectivity index (χ4v) is 2.58. The molecule has 0 aliphatic rings. The quantitative estimate of drug-likeness (QED) is 0.359. The minimum absolute atomic E-state index is 0.000213. The van der Waals surface area contributed by atoms with Gasteiger partial charge < -0.3 is 10.6 Å². The van der Waals surface area contributed by atoms with Gasteiger partial charge in [0.15, 0.2) is 5.78 Å². The fraction of sp³-hybridized carbons (Fsp3) is 0.0556. The first-order valence-electron chi connectivity index (χ1n) is 7.84. The second kappa shape index (κ2) is 7.79. The van der Waals surface area contributed by atoms with Crippen molar-refractivity contribution in [2.75, 3.05) is 10.6 Å². The van der Waals surface area contributed by atoms with E-state index in [0.717, 1.165) is 0 Å². The molecule has 0 saturated heterocycles. The van der Waals surface area contributed by atoms with Crippen LogP contribution in [-0.4, -0.2) is 20.7 Å². The molecule has 1 heterocycles. The van der Waals surface area contributed by atoms with Crippen LogP contribution in [0.3, 0.4) is 0 Å². The average molecular weight is 384 g/mol. The highest BCUT2D eigenvalue weighted by Crippen LogP contribution is 2.33. The van der Waals surface area contributed by atoms with Crippen molar-refractivity contribution in [3.8, 4) is 0 Å². The summed E-state index contributed by atoms with van der Waals surface area (Å²) in [6.07, 6.45) is 1.21. The highest BCUT2D eigenvalue weighted by atomic mass is 35.5. The Hall–Kier alpha value is -3.52. The Morgan fingerprint density at radius 3 is 2.19 bits per heavy atom. The Labute approximate surface area is 159 Å². The number of carbonyl (C=O) groups is 1. The van der Waals surface area contributed by atoms with Crippen molar-refractivity contribution in [1.29, 1.82) is 0 Å². The lowest BCUT2D eigenvalue weighted by Gasteiger charge is -2.10. The highest BCUT2D eigenvalue weighted by Gasteiger charge is 2.23. The van der Waals surface area contributed by atoms with Crippen molar-refractivity contribution in [3.05, 3.63) is 75.6 Å². The Kier molecular flexibility index (Phi) is 5.28. The molecule has 136 valence electrons. The third kappa shape index (κ3) is 4.36. The lowest BCUT2D eigenvalue weighted by Crippen LogP contribution is -2.06. The van der Waals surface area contributed by atoms with Gasteiger partial charge in [-0.05, 0) is 37.3 Å². The molecule has 3 aromatic rings. The van der Waals surface area contributed by atoms with Crippen LogP contribution < -0.4 is 10.6 Å². The molecule has 2 aromatic carbocycles. The van der Waals surface area contributed by atoms with E-state index in [1.807, 2.05) is 0 Å². The standard InChI is InChI=1S/C18H14ClN5O3/c1-11(25)12-4-2-6-14(8-12)22-17-16(24(26)27)18(21-10-20-17)23-15-7-3-5-13(19)9-15/h2-10H,1H3,(H2,20,21,22,23). The van der Waals surface area contributed by atoms with Gasteiger partial charge in [0.1, 0.15) is 6.33 Å². The van der Waals surface area contributed by atoms with Crippen LogP contribution in [0.1, 0.15) is 17.3 Å². The monoisotopic (exact) mass is 383 g/mol. The summed E-state index contributed by atoms with van der Waals surface area (Å²) in [4.78, 5) is 30.5. The molecule has 0 aliphatic carbocycles. The third-order valence-electron chi connectivity index (χ3n) is 3.62. The zero-order valence-electron chi connectivity index (χ0n) is 14.1. The molecule has 8 nitrogen and oxygen atoms in total. The number of ketones is 1. The van der Waals surface area contributed by atoms with Gasteiger partial charge >= 0.3 is 5.69 Å². The summed E-state index contributed by atoms with van der Waals surface area (Å²) >= 11 is 5.95. The van der Waals surface area contributed by atoms with Crippen molar-refractivity contribution in [3.63, 3.8) is 0 Å². The second-order valence-corrected chi connectivity index (χ2v) is 6.01. The van der Waals surface area contributed by atoms with E-state index in [1.54, 1.807) is 48.5 Å². The third-order valence-corrected chi connectivity index (χ3v) is 3.86. The van der Waals surface area contributed by atoms with Crippen LogP contribution in [0.15, 0.2) is 54.9 Å². The zero-order chi connectivity index (χ0) is 19.4. The molecule has 0 atom stereocenters. The zero-order valence-corrected chi connectivity index (χ0v) is 14.9. The number of hydrogen-bond donors (Lipinski definition) is 2. The molecule has 1 aromatic heterocycles. The lowest BCUT2D eigenvalue weighted by atomic mass is 10.1. The molecule has 0 fully saturated rings. The first-order chi connectivity index (χ1) is 12.9. The minimum Gasteiger partial charge on any atom is -0.334 e. The van der Waals surface area contributed by atoms with Crippen molar-refractivity contribution in [2.24, 2.45) is 0 Å². The molecule has 0 saturated carbocycles. The Morgan fingerprint density at radius 1 is 1.04 bits per heavy atom. The smallest absolute Gasteiger partial charge is 0.334 e. The van der Waals surface area contributed by atoms with E-state index < -0.39 is 4.92 Å². The molecular formula is C18H14ClN5O3. The van der Waals surface area contributed by atoms with Gasteiger partial charge in [0.05, 0.1) is 4.92 Å². The van der Waals surface area contributed by atoms with Crippen LogP contribution in [0.5, 0.6) is 0 Å². The molecule has 0 radical (unpaired) electrons. The predicted molar refractivity (Wildman–Crippen MR) is 103 cm³/mol. The van der Waals surface area contributed by atoms with Crippen molar-refractivity contribution >= 4 is 46.1 Å². The van der Waals surface area contributed by atoms with Crippen molar-refractivity contribution in [2.45, 2.75) is 6.92 Å². The van der Waals surface area contributed by atoms with E-state index in [4.69, 9.17) is 11.6 Å². The number of halogens is 1. The molecule has 2 N–H and O–H groups in total. The molecule has 0 spiro atoms. The maximum atomic E-state index is 11.6. The van der Waals surface area contributed by atoms with Crippen LogP contribution in [0.25, 0.3) is 0 Å². The Morgan fingerprint density at radius 2 is 1.63 bits per heavy atom. The molecule has 9 heteroatoms. The van der Waals surface area contributed by atoms with Gasteiger partial charge in [0.25, 0.3) is 0 Å². The summed E-state index contributed by atoms with van der Waals surface area (Å²) in [5, 5.41) is 17.9. The maximum Gasteiger partial charge on any atom is 0.353 e. The number of carbonyl (C=O) groups excluding carboxylic acids is 1. The first kappa shape index (κ1) is 18.3. The van der Waals surface area contributed by atoms with Crippen molar-refractivity contribution < 1.29 is 9.72 Å². The Balaban J connectivity index is 1.97. The summed E-state index contributed by atoms with van der Waals surface area (Å²) in [7, 11) is 0. The summed E-state index contributed by atoms with van der Waals surface area (Å²) < 4.78 is 0. The van der Waals surface area contributed by atoms with Gasteiger partial charge in [-0.3, -0.25) is 14.9 Å². The van der Waals surface area contributed by atoms with Crippen LogP contribution in [0.2, 0.25) is 5.02 Å². The maximum absolute atomic E-state index is 11.6. The largest absolute Gasteiger partial charge is 0.353 e. The first-order valence-corrected chi connectivity index (χ1v) is 8.22. The van der Waals surface area contributed by atoms with E-state index in [9.17, 15) is 14.9 Å². The van der Waals surface area contributed by atoms with Gasteiger partial charge in [-0.2, -0.15) is 0 Å². The number of Topliss-reactive ketones (excluding diaryl/α,β-unsaturated/α-hetero) is 1. The summed E-state index contributed by atoms with van der Waals surface area (Å²) in [5.74, 6) is -0.0955. The van der Waals surface area contributed by atoms with E-state index in [2.05, 4.69) is 20.6 Å². The van der Waals surface area contributed by atoms with E-state index in [0.29, 0.717) is 22.0 Å². The van der Waals surface area contributed by atoms with E-state index in [1.165, 1.54) is 13.3 Å². The molecule has 3 rings (SSSR count). The predicted octanol–water partition coefficient (Wildman–Crippen LogP) is 4.73. The van der Waals surface area contributed by atoms with Crippen LogP contribution in [-0.2, 0) is 0 Å². The van der Waals surface area contributed by atoms with Crippen LogP contribution in [0.4, 0.5) is 28.7 Å². The number of nitro groups is 1. The molecule has 0 unspecified atom stereocenters. The SMILES string of the molecule is CC(=O)c1cccc(Nc2ncnc(Nc3cccc(Cl)c3)c2[N+](=O)[O-])c1. The van der Waals surface area contributed by atoms with Gasteiger partial charge in [0.2, 0.25) is 11.6 Å². The number of hydrogen-bond acceptors (Lipinski definition) is 7. The molecule has 0 amide bonds. The summed E-state index contributed by atoms with van der Waals surface area (Å²) in [6.45, 7) is 1.44. The number of anilines is 4. The normalized spacial score (nSPS) is 10.3. The highest BCUT2D eigenvalue weighted by molar-refractivity contribution is 6.30. The van der Waals surface area contributed by atoms with Crippen molar-refractivity contribution in [1.82, 2.24) is 9.97 Å². The lowest BCUT2D eigenvalue weighted by molar-refractivity contribution is -0.383. The minimum atomic E-state index is -0.579. The summed E-state index contributed by atoms with van der Waals surface area (Å²) in [6, 6.07) is 13.4. The fourth-order valence-electron chi connectivity index (χ4n) is 2.39. The molecule has 27 heavy (non-hydrogen) atoms. The second-order valence-electron chi connectivity index (χ2n) is 5.57. The number of nitrogens with one attached hydrogen (secondary N) is 2. The Bertz CT molecular complexity index is 1030. The molecular weight excluding hydrogens is 370 g/mol. The van der Waals surface area contributed by atoms with Gasteiger partial charge in [-0.15, -0.1) is 0 Å². The topological polar surface area (TPSA) is 110 Å². The molecule has 0 aliphatic heterocycles. The number of aromatic nitrogens is 2.